The molecule has 4 aromatic carbocycles. The zero-order chi connectivity index (χ0) is 32.4. The van der Waals surface area contributed by atoms with Crippen molar-refractivity contribution in [3.05, 3.63) is 115 Å². The van der Waals surface area contributed by atoms with Gasteiger partial charge in [0, 0.05) is 12.3 Å². The Morgan fingerprint density at radius 2 is 0.896 bits per heavy atom. The summed E-state index contributed by atoms with van der Waals surface area (Å²) >= 11 is 0. The molecule has 1 aromatic heterocycles. The molecule has 0 bridgehead atoms. The van der Waals surface area contributed by atoms with Gasteiger partial charge in [0.05, 0.1) is 38.6 Å². The van der Waals surface area contributed by atoms with E-state index in [9.17, 15) is 0 Å². The molecule has 246 valence electrons. The second-order valence-electron chi connectivity index (χ2n) is 12.2. The maximum absolute atomic E-state index is 6.12. The lowest BCUT2D eigenvalue weighted by molar-refractivity contribution is 0.299. The van der Waals surface area contributed by atoms with E-state index >= 15 is 0 Å². The van der Waals surface area contributed by atoms with Crippen LogP contribution in [-0.2, 0) is 9.47 Å². The van der Waals surface area contributed by atoms with Crippen LogP contribution in [0.3, 0.4) is 0 Å². The quantitative estimate of drug-likeness (QED) is 0.0695. The van der Waals surface area contributed by atoms with E-state index in [0.717, 1.165) is 104 Å². The molecule has 2 unspecified atom stereocenters. The molecule has 48 heavy (non-hydrogen) atoms. The highest BCUT2D eigenvalue weighted by Crippen LogP contribution is 2.31. The highest BCUT2D eigenvalue weighted by atomic mass is 16.6. The molecule has 7 nitrogen and oxygen atoms in total. The minimum Gasteiger partial charge on any atom is -0.494 e. The average molecular weight is 644 g/mol. The van der Waals surface area contributed by atoms with Gasteiger partial charge < -0.3 is 28.4 Å². The number of hydrogen-bond acceptors (Lipinski definition) is 7. The first-order valence-corrected chi connectivity index (χ1v) is 17.0. The molecule has 5 aromatic rings. The highest BCUT2D eigenvalue weighted by Gasteiger charge is 2.21. The van der Waals surface area contributed by atoms with Crippen LogP contribution in [0.25, 0.3) is 22.3 Å². The first kappa shape index (κ1) is 31.7. The number of ether oxygens (including phenoxy) is 6. The Balaban J connectivity index is 0.870. The molecule has 0 radical (unpaired) electrons. The van der Waals surface area contributed by atoms with Crippen molar-refractivity contribution in [3.8, 4) is 56.9 Å². The van der Waals surface area contributed by atoms with Gasteiger partial charge in [0.25, 0.3) is 0 Å². The van der Waals surface area contributed by atoms with E-state index in [1.54, 1.807) is 12.3 Å². The van der Waals surface area contributed by atoms with Crippen molar-refractivity contribution in [1.29, 1.82) is 0 Å². The Labute approximate surface area is 282 Å². The molecule has 3 heterocycles. The first-order valence-electron chi connectivity index (χ1n) is 17.0. The summed E-state index contributed by atoms with van der Waals surface area (Å²) in [6.07, 6.45) is 9.33. The third kappa shape index (κ3) is 9.59. The molecule has 0 aliphatic carbocycles. The Bertz CT molecular complexity index is 1590. The minimum atomic E-state index is 0.460. The molecule has 7 rings (SSSR count). The van der Waals surface area contributed by atoms with Gasteiger partial charge in [0.2, 0.25) is 5.88 Å². The third-order valence-electron chi connectivity index (χ3n) is 8.43. The number of benzene rings is 4. The fourth-order valence-electron chi connectivity index (χ4n) is 5.48. The molecule has 2 atom stereocenters. The van der Waals surface area contributed by atoms with Crippen molar-refractivity contribution < 1.29 is 28.4 Å². The fraction of sp³-hybridized carbons (Fsp3) is 0.293. The van der Waals surface area contributed by atoms with E-state index in [4.69, 9.17) is 28.4 Å². The Kier molecular flexibility index (Phi) is 10.5. The minimum absolute atomic E-state index is 0.460. The molecular formula is C41H41NO6. The molecule has 0 saturated carbocycles. The van der Waals surface area contributed by atoms with E-state index < -0.39 is 0 Å². The summed E-state index contributed by atoms with van der Waals surface area (Å²) in [6.45, 7) is 3.32. The number of nitrogens with zero attached hydrogens (tertiary/aromatic N) is 1. The maximum Gasteiger partial charge on any atom is 0.222 e. The predicted molar refractivity (Wildman–Crippen MR) is 186 cm³/mol. The second-order valence-corrected chi connectivity index (χ2v) is 12.2. The average Bonchev–Trinajstić information content (AvgIpc) is 4.07. The van der Waals surface area contributed by atoms with Crippen LogP contribution in [-0.4, -0.2) is 43.6 Å². The van der Waals surface area contributed by atoms with Gasteiger partial charge in [-0.15, -0.1) is 0 Å². The smallest absolute Gasteiger partial charge is 0.222 e. The van der Waals surface area contributed by atoms with Gasteiger partial charge in [0.1, 0.15) is 28.7 Å². The van der Waals surface area contributed by atoms with Crippen LogP contribution < -0.4 is 18.9 Å². The lowest BCUT2D eigenvalue weighted by atomic mass is 10.1. The molecule has 2 aliphatic heterocycles. The molecule has 2 saturated heterocycles. The summed E-state index contributed by atoms with van der Waals surface area (Å²) < 4.78 is 34.5. The van der Waals surface area contributed by atoms with Crippen LogP contribution in [0.5, 0.6) is 34.6 Å². The first-order chi connectivity index (χ1) is 23.7. The van der Waals surface area contributed by atoms with E-state index in [2.05, 4.69) is 41.4 Å². The van der Waals surface area contributed by atoms with Crippen LogP contribution in [0.2, 0.25) is 0 Å². The van der Waals surface area contributed by atoms with Gasteiger partial charge in [-0.3, -0.25) is 0 Å². The topological polar surface area (TPSA) is 74.9 Å². The normalized spacial score (nSPS) is 16.2. The molecule has 7 heteroatoms. The Hall–Kier alpha value is -4.85. The van der Waals surface area contributed by atoms with Crippen molar-refractivity contribution in [2.45, 2.75) is 50.7 Å². The summed E-state index contributed by atoms with van der Waals surface area (Å²) in [7, 11) is 0. The van der Waals surface area contributed by atoms with Crippen molar-refractivity contribution in [2.75, 3.05) is 26.4 Å². The lowest BCUT2D eigenvalue weighted by Crippen LogP contribution is -1.98. The van der Waals surface area contributed by atoms with Crippen molar-refractivity contribution >= 4 is 0 Å². The zero-order valence-electron chi connectivity index (χ0n) is 27.1. The number of unbranched alkanes of at least 4 members (excludes halogenated alkanes) is 2. The van der Waals surface area contributed by atoms with Gasteiger partial charge in [-0.2, -0.15) is 0 Å². The van der Waals surface area contributed by atoms with Crippen LogP contribution in [0.4, 0.5) is 0 Å². The summed E-state index contributed by atoms with van der Waals surface area (Å²) in [6, 6.07) is 36.1. The molecule has 0 spiro atoms. The van der Waals surface area contributed by atoms with Gasteiger partial charge in [-0.25, -0.2) is 4.98 Å². The summed E-state index contributed by atoms with van der Waals surface area (Å²) in [4.78, 5) is 4.37. The van der Waals surface area contributed by atoms with Crippen molar-refractivity contribution in [2.24, 2.45) is 0 Å². The van der Waals surface area contributed by atoms with E-state index in [-0.39, 0.29) is 0 Å². The Morgan fingerprint density at radius 3 is 1.33 bits per heavy atom. The van der Waals surface area contributed by atoms with Crippen molar-refractivity contribution in [3.63, 3.8) is 0 Å². The largest absolute Gasteiger partial charge is 0.494 e. The van der Waals surface area contributed by atoms with Crippen molar-refractivity contribution in [1.82, 2.24) is 4.98 Å². The third-order valence-corrected chi connectivity index (χ3v) is 8.43. The predicted octanol–water partition coefficient (Wildman–Crippen LogP) is 9.90. The van der Waals surface area contributed by atoms with Crippen LogP contribution >= 0.6 is 0 Å². The second kappa shape index (κ2) is 15.8. The number of hydrogen-bond donors (Lipinski definition) is 0. The van der Waals surface area contributed by atoms with Crippen LogP contribution in [0.1, 0.15) is 38.5 Å². The standard InChI is InChI=1S/C41H41NO6/c1(5-39-28-45-39)3-25-43-34-15-7-30(8-16-34)32-11-19-36(20-12-32)47-38-23-24-42-41(27-38)48-37-21-13-33(14-22-37)31-9-17-35(18-10-31)44-26-4-2-6-40-29-46-40/h7-24,27,39-40H,1-6,25-26,28-29H2. The monoisotopic (exact) mass is 643 g/mol. The van der Waals surface area contributed by atoms with Crippen LogP contribution in [0, 0.1) is 0 Å². The summed E-state index contributed by atoms with van der Waals surface area (Å²) in [5.41, 5.74) is 4.45. The summed E-state index contributed by atoms with van der Waals surface area (Å²) in [5, 5.41) is 0. The van der Waals surface area contributed by atoms with Gasteiger partial charge in [-0.05, 0) is 115 Å². The number of pyridine rings is 1. The van der Waals surface area contributed by atoms with E-state index in [1.807, 2.05) is 66.7 Å². The van der Waals surface area contributed by atoms with Crippen LogP contribution in [0.15, 0.2) is 115 Å². The van der Waals surface area contributed by atoms with Gasteiger partial charge in [0.15, 0.2) is 0 Å². The number of rotatable bonds is 18. The van der Waals surface area contributed by atoms with Gasteiger partial charge in [-0.1, -0.05) is 48.5 Å². The molecular weight excluding hydrogens is 602 g/mol. The summed E-state index contributed by atoms with van der Waals surface area (Å²) in [5.74, 6) is 4.33. The van der Waals surface area contributed by atoms with Gasteiger partial charge >= 0.3 is 0 Å². The number of epoxide rings is 2. The lowest BCUT2D eigenvalue weighted by Gasteiger charge is -2.10. The Morgan fingerprint density at radius 1 is 0.479 bits per heavy atom. The molecule has 0 N–H and O–H groups in total. The molecule has 2 fully saturated rings. The molecule has 2 aliphatic rings. The number of aromatic nitrogens is 1. The fourth-order valence-corrected chi connectivity index (χ4v) is 5.48. The van der Waals surface area contributed by atoms with E-state index in [0.29, 0.717) is 29.6 Å². The maximum atomic E-state index is 6.12. The zero-order valence-corrected chi connectivity index (χ0v) is 27.1. The van der Waals surface area contributed by atoms with E-state index in [1.165, 1.54) is 0 Å². The SMILES string of the molecule is c1cc(Oc2ccc(-c3ccc(OCCCCC4CO4)cc3)cc2)cc(Oc2ccc(-c3ccc(OCCCCC4CO4)cc3)cc2)n1. The molecule has 0 amide bonds. The highest BCUT2D eigenvalue weighted by molar-refractivity contribution is 5.66.